The first-order chi connectivity index (χ1) is 13.9. The zero-order valence-electron chi connectivity index (χ0n) is 17.0. The predicted octanol–water partition coefficient (Wildman–Crippen LogP) is 4.23. The first-order valence-electron chi connectivity index (χ1n) is 9.95. The maximum Gasteiger partial charge on any atom is 0.354 e. The Labute approximate surface area is 169 Å². The van der Waals surface area contributed by atoms with E-state index in [4.69, 9.17) is 14.0 Å². The van der Waals surface area contributed by atoms with Crippen LogP contribution in [0.2, 0.25) is 0 Å². The van der Waals surface area contributed by atoms with Gasteiger partial charge in [0.15, 0.2) is 5.76 Å². The zero-order chi connectivity index (χ0) is 20.6. The van der Waals surface area contributed by atoms with Gasteiger partial charge in [-0.25, -0.2) is 4.79 Å². The lowest BCUT2D eigenvalue weighted by atomic mass is 9.83. The highest BCUT2D eigenvalue weighted by Gasteiger charge is 2.30. The van der Waals surface area contributed by atoms with E-state index in [1.54, 1.807) is 6.92 Å². The summed E-state index contributed by atoms with van der Waals surface area (Å²) in [5.74, 6) is 0.310. The molecule has 0 aliphatic carbocycles. The van der Waals surface area contributed by atoms with Gasteiger partial charge in [-0.05, 0) is 68.4 Å². The summed E-state index contributed by atoms with van der Waals surface area (Å²) in [5.41, 5.74) is 2.47. The molecule has 7 nitrogen and oxygen atoms in total. The molecule has 0 bridgehead atoms. The van der Waals surface area contributed by atoms with Crippen LogP contribution in [-0.4, -0.2) is 39.6 Å². The third kappa shape index (κ3) is 4.00. The Kier molecular flexibility index (Phi) is 5.08. The number of esters is 1. The summed E-state index contributed by atoms with van der Waals surface area (Å²) < 4.78 is 18.1. The fraction of sp³-hybridized carbons (Fsp3) is 0.455. The SMILES string of the molecule is CCOC(=O)c1cc2cc(C3CCOC(C)(C)C3)ccc2n1Cc1cc(O)no1. The molecular formula is C22H26N2O5. The number of nitrogens with zero attached hydrogens (tertiary/aromatic N) is 2. The number of aromatic nitrogens is 2. The molecule has 1 unspecified atom stereocenters. The molecule has 2 aromatic heterocycles. The monoisotopic (exact) mass is 398 g/mol. The standard InChI is InChI=1S/C22H26N2O5/c1-4-27-21(26)19-10-16-9-14(15-7-8-28-22(2,3)12-15)5-6-18(16)24(19)13-17-11-20(25)23-29-17/h5-6,9-11,15H,4,7-8,12-13H2,1-3H3,(H,23,25). The van der Waals surface area contributed by atoms with E-state index in [1.807, 2.05) is 16.7 Å². The van der Waals surface area contributed by atoms with E-state index in [0.717, 1.165) is 30.4 Å². The van der Waals surface area contributed by atoms with E-state index >= 15 is 0 Å². The van der Waals surface area contributed by atoms with Crippen molar-refractivity contribution >= 4 is 16.9 Å². The van der Waals surface area contributed by atoms with Crippen LogP contribution in [0.4, 0.5) is 0 Å². The van der Waals surface area contributed by atoms with Crippen LogP contribution in [0.25, 0.3) is 10.9 Å². The molecule has 1 saturated heterocycles. The Bertz CT molecular complexity index is 1030. The third-order valence-corrected chi connectivity index (χ3v) is 5.44. The minimum atomic E-state index is -0.388. The number of rotatable bonds is 5. The van der Waals surface area contributed by atoms with Crippen LogP contribution in [0.15, 0.2) is 34.9 Å². The van der Waals surface area contributed by atoms with Crippen molar-refractivity contribution in [3.8, 4) is 5.88 Å². The van der Waals surface area contributed by atoms with Crippen LogP contribution in [0, 0.1) is 0 Å². The van der Waals surface area contributed by atoms with Crippen molar-refractivity contribution in [1.82, 2.24) is 9.72 Å². The maximum absolute atomic E-state index is 12.5. The molecule has 0 spiro atoms. The number of carbonyl (C=O) groups excluding carboxylic acids is 1. The third-order valence-electron chi connectivity index (χ3n) is 5.44. The van der Waals surface area contributed by atoms with Crippen molar-refractivity contribution in [2.45, 2.75) is 51.7 Å². The Morgan fingerprint density at radius 3 is 2.86 bits per heavy atom. The van der Waals surface area contributed by atoms with Crippen molar-refractivity contribution < 1.29 is 23.9 Å². The number of carbonyl (C=O) groups is 1. The van der Waals surface area contributed by atoms with E-state index in [-0.39, 0.29) is 24.0 Å². The Morgan fingerprint density at radius 2 is 2.17 bits per heavy atom. The van der Waals surface area contributed by atoms with Crippen molar-refractivity contribution in [3.63, 3.8) is 0 Å². The maximum atomic E-state index is 12.5. The second kappa shape index (κ2) is 7.55. The van der Waals surface area contributed by atoms with Gasteiger partial charge in [0.25, 0.3) is 5.88 Å². The zero-order valence-corrected chi connectivity index (χ0v) is 17.0. The number of ether oxygens (including phenoxy) is 2. The summed E-state index contributed by atoms with van der Waals surface area (Å²) in [6.07, 6.45) is 1.94. The van der Waals surface area contributed by atoms with Crippen LogP contribution in [-0.2, 0) is 16.0 Å². The number of benzene rings is 1. The Morgan fingerprint density at radius 1 is 1.34 bits per heavy atom. The lowest BCUT2D eigenvalue weighted by molar-refractivity contribution is -0.0592. The van der Waals surface area contributed by atoms with Gasteiger partial charge in [-0.15, -0.1) is 0 Å². The van der Waals surface area contributed by atoms with E-state index < -0.39 is 0 Å². The van der Waals surface area contributed by atoms with Gasteiger partial charge in [0, 0.05) is 23.6 Å². The number of fused-ring (bicyclic) bond motifs is 1. The molecule has 29 heavy (non-hydrogen) atoms. The van der Waals surface area contributed by atoms with Crippen molar-refractivity contribution in [1.29, 1.82) is 0 Å². The highest BCUT2D eigenvalue weighted by Crippen LogP contribution is 2.37. The molecule has 7 heteroatoms. The largest absolute Gasteiger partial charge is 0.491 e. The summed E-state index contributed by atoms with van der Waals surface area (Å²) in [5, 5.41) is 14.0. The van der Waals surface area contributed by atoms with Crippen LogP contribution in [0.5, 0.6) is 5.88 Å². The smallest absolute Gasteiger partial charge is 0.354 e. The van der Waals surface area contributed by atoms with Gasteiger partial charge >= 0.3 is 5.97 Å². The van der Waals surface area contributed by atoms with E-state index in [1.165, 1.54) is 11.6 Å². The van der Waals surface area contributed by atoms with E-state index in [9.17, 15) is 9.90 Å². The number of hydrogen-bond donors (Lipinski definition) is 1. The van der Waals surface area contributed by atoms with Crippen LogP contribution in [0.1, 0.15) is 61.3 Å². The first kappa shape index (κ1) is 19.5. The minimum Gasteiger partial charge on any atom is -0.491 e. The molecule has 154 valence electrons. The van der Waals surface area contributed by atoms with Gasteiger partial charge < -0.3 is 23.7 Å². The van der Waals surface area contributed by atoms with Crippen LogP contribution >= 0.6 is 0 Å². The second-order valence-electron chi connectivity index (χ2n) is 8.10. The number of hydrogen-bond acceptors (Lipinski definition) is 6. The highest BCUT2D eigenvalue weighted by atomic mass is 16.5. The fourth-order valence-corrected chi connectivity index (χ4v) is 4.14. The van der Waals surface area contributed by atoms with E-state index in [0.29, 0.717) is 24.0 Å². The summed E-state index contributed by atoms with van der Waals surface area (Å²) in [4.78, 5) is 12.5. The van der Waals surface area contributed by atoms with Gasteiger partial charge in [0.1, 0.15) is 5.69 Å². The molecule has 1 fully saturated rings. The normalized spacial score (nSPS) is 18.8. The predicted molar refractivity (Wildman–Crippen MR) is 107 cm³/mol. The summed E-state index contributed by atoms with van der Waals surface area (Å²) >= 11 is 0. The van der Waals surface area contributed by atoms with Crippen molar-refractivity contribution in [2.24, 2.45) is 0 Å². The molecule has 0 saturated carbocycles. The van der Waals surface area contributed by atoms with Crippen LogP contribution in [0.3, 0.4) is 0 Å². The quantitative estimate of drug-likeness (QED) is 0.647. The number of aromatic hydroxyl groups is 1. The average molecular weight is 398 g/mol. The lowest BCUT2D eigenvalue weighted by Crippen LogP contribution is -2.32. The molecule has 1 atom stereocenters. The fourth-order valence-electron chi connectivity index (χ4n) is 4.14. The van der Waals surface area contributed by atoms with Gasteiger partial charge in [0.2, 0.25) is 0 Å². The van der Waals surface area contributed by atoms with Gasteiger partial charge in [-0.1, -0.05) is 6.07 Å². The van der Waals surface area contributed by atoms with Crippen molar-refractivity contribution in [2.75, 3.05) is 13.2 Å². The minimum absolute atomic E-state index is 0.131. The topological polar surface area (TPSA) is 86.7 Å². The molecule has 0 radical (unpaired) electrons. The van der Waals surface area contributed by atoms with Gasteiger partial charge in [-0.2, -0.15) is 0 Å². The van der Waals surface area contributed by atoms with Crippen molar-refractivity contribution in [3.05, 3.63) is 47.3 Å². The first-order valence-corrected chi connectivity index (χ1v) is 9.95. The molecule has 1 N–H and O–H groups in total. The summed E-state index contributed by atoms with van der Waals surface area (Å²) in [6, 6.07) is 9.61. The Balaban J connectivity index is 1.74. The molecule has 1 aromatic carbocycles. The summed E-state index contributed by atoms with van der Waals surface area (Å²) in [6.45, 7) is 7.35. The average Bonchev–Trinajstić information content (AvgIpc) is 3.24. The molecule has 0 amide bonds. The summed E-state index contributed by atoms with van der Waals surface area (Å²) in [7, 11) is 0. The lowest BCUT2D eigenvalue weighted by Gasteiger charge is -2.35. The highest BCUT2D eigenvalue weighted by molar-refractivity contribution is 5.96. The second-order valence-corrected chi connectivity index (χ2v) is 8.10. The molecule has 3 heterocycles. The Hall–Kier alpha value is -2.80. The van der Waals surface area contributed by atoms with Gasteiger partial charge in [-0.3, -0.25) is 0 Å². The molecule has 1 aliphatic heterocycles. The van der Waals surface area contributed by atoms with E-state index in [2.05, 4.69) is 31.1 Å². The molecular weight excluding hydrogens is 372 g/mol. The molecule has 4 rings (SSSR count). The molecule has 3 aromatic rings. The van der Waals surface area contributed by atoms with Crippen LogP contribution < -0.4 is 0 Å². The molecule has 1 aliphatic rings. The van der Waals surface area contributed by atoms with Gasteiger partial charge in [0.05, 0.1) is 18.8 Å².